The third kappa shape index (κ3) is 4.00. The van der Waals surface area contributed by atoms with Gasteiger partial charge in [-0.2, -0.15) is 0 Å². The second kappa shape index (κ2) is 7.15. The zero-order chi connectivity index (χ0) is 15.2. The molecule has 1 N–H and O–H groups in total. The maximum atomic E-state index is 12.2. The summed E-state index contributed by atoms with van der Waals surface area (Å²) in [6, 6.07) is 3.44. The van der Waals surface area contributed by atoms with Crippen LogP contribution < -0.4 is 5.32 Å². The number of aryl methyl sites for hydroxylation is 1. The van der Waals surface area contributed by atoms with E-state index in [9.17, 15) is 9.59 Å². The van der Waals surface area contributed by atoms with Crippen LogP contribution in [0.3, 0.4) is 0 Å². The Kier molecular flexibility index (Phi) is 5.25. The number of carbonyl (C=O) groups is 2. The lowest BCUT2D eigenvalue weighted by Crippen LogP contribution is -2.53. The molecular formula is C15H23N3O3. The van der Waals surface area contributed by atoms with Crippen molar-refractivity contribution in [1.82, 2.24) is 15.1 Å². The van der Waals surface area contributed by atoms with Crippen LogP contribution in [-0.2, 0) is 0 Å². The Morgan fingerprint density at radius 2 is 1.86 bits per heavy atom. The lowest BCUT2D eigenvalue weighted by molar-refractivity contribution is 0.0633. The quantitative estimate of drug-likeness (QED) is 0.862. The van der Waals surface area contributed by atoms with Crippen LogP contribution in [0.5, 0.6) is 0 Å². The van der Waals surface area contributed by atoms with E-state index in [0.717, 1.165) is 18.6 Å². The number of hydrogen-bond donors (Lipinski definition) is 1. The van der Waals surface area contributed by atoms with E-state index in [1.54, 1.807) is 21.9 Å². The predicted octanol–water partition coefficient (Wildman–Crippen LogP) is 1.86. The average Bonchev–Trinajstić information content (AvgIpc) is 2.93. The van der Waals surface area contributed by atoms with Crippen molar-refractivity contribution in [2.45, 2.75) is 26.7 Å². The molecule has 1 aliphatic rings. The second-order valence-electron chi connectivity index (χ2n) is 5.28. The number of urea groups is 1. The predicted molar refractivity (Wildman–Crippen MR) is 79.2 cm³/mol. The van der Waals surface area contributed by atoms with Crippen molar-refractivity contribution >= 4 is 11.9 Å². The summed E-state index contributed by atoms with van der Waals surface area (Å²) in [6.45, 7) is 6.81. The fourth-order valence-corrected chi connectivity index (χ4v) is 2.30. The molecule has 3 amide bonds. The van der Waals surface area contributed by atoms with Gasteiger partial charge in [-0.05, 0) is 25.5 Å². The van der Waals surface area contributed by atoms with Crippen molar-refractivity contribution in [3.63, 3.8) is 0 Å². The molecule has 6 nitrogen and oxygen atoms in total. The smallest absolute Gasteiger partial charge is 0.317 e. The van der Waals surface area contributed by atoms with Gasteiger partial charge in [0.2, 0.25) is 0 Å². The molecule has 21 heavy (non-hydrogen) atoms. The topological polar surface area (TPSA) is 65.8 Å². The van der Waals surface area contributed by atoms with Crippen LogP contribution in [0.15, 0.2) is 16.5 Å². The number of nitrogens with zero attached hydrogens (tertiary/aromatic N) is 2. The van der Waals surface area contributed by atoms with Gasteiger partial charge in [0.25, 0.3) is 5.91 Å². The highest BCUT2D eigenvalue weighted by Crippen LogP contribution is 2.12. The highest BCUT2D eigenvalue weighted by molar-refractivity contribution is 5.91. The zero-order valence-corrected chi connectivity index (χ0v) is 12.7. The first-order valence-corrected chi connectivity index (χ1v) is 7.50. The Morgan fingerprint density at radius 3 is 2.43 bits per heavy atom. The zero-order valence-electron chi connectivity index (χ0n) is 12.7. The number of amides is 3. The highest BCUT2D eigenvalue weighted by atomic mass is 16.3. The van der Waals surface area contributed by atoms with Crippen LogP contribution in [0.2, 0.25) is 0 Å². The first-order chi connectivity index (χ1) is 10.1. The molecule has 2 rings (SSSR count). The molecule has 6 heteroatoms. The molecule has 0 bridgehead atoms. The molecule has 0 radical (unpaired) electrons. The number of nitrogens with one attached hydrogen (secondary N) is 1. The summed E-state index contributed by atoms with van der Waals surface area (Å²) in [4.78, 5) is 27.6. The molecule has 0 aliphatic carbocycles. The Bertz CT molecular complexity index is 490. The standard InChI is InChI=1S/C15H23N3O3/c1-3-4-7-16-15(20)18-10-8-17(9-11-18)14(19)13-6-5-12(2)21-13/h5-6H,3-4,7-11H2,1-2H3,(H,16,20). The van der Waals surface area contributed by atoms with Gasteiger partial charge in [-0.3, -0.25) is 4.79 Å². The molecular weight excluding hydrogens is 270 g/mol. The van der Waals surface area contributed by atoms with Gasteiger partial charge in [0.1, 0.15) is 5.76 Å². The van der Waals surface area contributed by atoms with E-state index in [2.05, 4.69) is 12.2 Å². The Balaban J connectivity index is 1.80. The molecule has 2 heterocycles. The van der Waals surface area contributed by atoms with E-state index < -0.39 is 0 Å². The summed E-state index contributed by atoms with van der Waals surface area (Å²) in [5, 5.41) is 2.90. The van der Waals surface area contributed by atoms with E-state index in [0.29, 0.717) is 38.5 Å². The number of furan rings is 1. The van der Waals surface area contributed by atoms with Gasteiger partial charge >= 0.3 is 6.03 Å². The van der Waals surface area contributed by atoms with E-state index in [1.807, 2.05) is 6.92 Å². The van der Waals surface area contributed by atoms with Crippen LogP contribution in [0.4, 0.5) is 4.79 Å². The van der Waals surface area contributed by atoms with Crippen molar-refractivity contribution < 1.29 is 14.0 Å². The minimum atomic E-state index is -0.103. The highest BCUT2D eigenvalue weighted by Gasteiger charge is 2.26. The molecule has 0 aromatic carbocycles. The van der Waals surface area contributed by atoms with E-state index in [1.165, 1.54) is 0 Å². The SMILES string of the molecule is CCCCNC(=O)N1CCN(C(=O)c2ccc(C)o2)CC1. The van der Waals surface area contributed by atoms with E-state index in [4.69, 9.17) is 4.42 Å². The fraction of sp³-hybridized carbons (Fsp3) is 0.600. The molecule has 1 aromatic rings. The molecule has 0 atom stereocenters. The van der Waals surface area contributed by atoms with Crippen LogP contribution in [-0.4, -0.2) is 54.5 Å². The van der Waals surface area contributed by atoms with Crippen LogP contribution in [0.25, 0.3) is 0 Å². The summed E-state index contributed by atoms with van der Waals surface area (Å²) < 4.78 is 5.35. The summed E-state index contributed by atoms with van der Waals surface area (Å²) in [5.74, 6) is 0.995. The average molecular weight is 293 g/mol. The van der Waals surface area contributed by atoms with Gasteiger partial charge < -0.3 is 19.5 Å². The van der Waals surface area contributed by atoms with Gasteiger partial charge in [-0.1, -0.05) is 13.3 Å². The largest absolute Gasteiger partial charge is 0.456 e. The van der Waals surface area contributed by atoms with E-state index >= 15 is 0 Å². The van der Waals surface area contributed by atoms with Crippen molar-refractivity contribution in [2.24, 2.45) is 0 Å². The molecule has 116 valence electrons. The number of piperazine rings is 1. The first-order valence-electron chi connectivity index (χ1n) is 7.50. The first kappa shape index (κ1) is 15.4. The van der Waals surface area contributed by atoms with Crippen molar-refractivity contribution in [3.05, 3.63) is 23.7 Å². The monoisotopic (exact) mass is 293 g/mol. The maximum absolute atomic E-state index is 12.2. The fourth-order valence-electron chi connectivity index (χ4n) is 2.30. The Morgan fingerprint density at radius 1 is 1.19 bits per heavy atom. The molecule has 0 spiro atoms. The minimum absolute atomic E-state index is 0.0376. The van der Waals surface area contributed by atoms with Crippen molar-refractivity contribution in [3.8, 4) is 0 Å². The molecule has 1 fully saturated rings. The van der Waals surface area contributed by atoms with Gasteiger partial charge in [0.05, 0.1) is 0 Å². The summed E-state index contributed by atoms with van der Waals surface area (Å²) in [7, 11) is 0. The third-order valence-corrected chi connectivity index (χ3v) is 3.61. The van der Waals surface area contributed by atoms with Gasteiger partial charge in [0, 0.05) is 32.7 Å². The van der Waals surface area contributed by atoms with Gasteiger partial charge in [0.15, 0.2) is 5.76 Å². The van der Waals surface area contributed by atoms with E-state index in [-0.39, 0.29) is 11.9 Å². The minimum Gasteiger partial charge on any atom is -0.456 e. The lowest BCUT2D eigenvalue weighted by atomic mass is 10.3. The van der Waals surface area contributed by atoms with Crippen LogP contribution >= 0.6 is 0 Å². The van der Waals surface area contributed by atoms with Crippen LogP contribution in [0.1, 0.15) is 36.1 Å². The summed E-state index contributed by atoms with van der Waals surface area (Å²) in [6.07, 6.45) is 2.05. The Hall–Kier alpha value is -1.98. The third-order valence-electron chi connectivity index (χ3n) is 3.61. The molecule has 1 aliphatic heterocycles. The van der Waals surface area contributed by atoms with Gasteiger partial charge in [-0.15, -0.1) is 0 Å². The second-order valence-corrected chi connectivity index (χ2v) is 5.28. The number of carbonyl (C=O) groups excluding carboxylic acids is 2. The van der Waals surface area contributed by atoms with Crippen molar-refractivity contribution in [2.75, 3.05) is 32.7 Å². The van der Waals surface area contributed by atoms with Crippen molar-refractivity contribution in [1.29, 1.82) is 0 Å². The molecule has 1 aromatic heterocycles. The number of rotatable bonds is 4. The molecule has 1 saturated heterocycles. The number of unbranched alkanes of at least 4 members (excludes halogenated alkanes) is 1. The summed E-state index contributed by atoms with van der Waals surface area (Å²) >= 11 is 0. The van der Waals surface area contributed by atoms with Gasteiger partial charge in [-0.25, -0.2) is 4.79 Å². The Labute approximate surface area is 125 Å². The molecule has 0 unspecified atom stereocenters. The molecule has 0 saturated carbocycles. The number of hydrogen-bond acceptors (Lipinski definition) is 3. The maximum Gasteiger partial charge on any atom is 0.317 e. The van der Waals surface area contributed by atoms with Crippen LogP contribution in [0, 0.1) is 6.92 Å². The normalized spacial score (nSPS) is 15.1. The lowest BCUT2D eigenvalue weighted by Gasteiger charge is -2.34. The summed E-state index contributed by atoms with van der Waals surface area (Å²) in [5.41, 5.74) is 0.